The predicted octanol–water partition coefficient (Wildman–Crippen LogP) is 2.80. The number of hydrogen-bond donors (Lipinski definition) is 1. The summed E-state index contributed by atoms with van der Waals surface area (Å²) in [5.41, 5.74) is 1.66. The van der Waals surface area contributed by atoms with E-state index in [9.17, 15) is 18.0 Å². The van der Waals surface area contributed by atoms with Gasteiger partial charge in [0.1, 0.15) is 16.9 Å². The number of pyridine rings is 1. The van der Waals surface area contributed by atoms with Crippen LogP contribution in [0.4, 0.5) is 21.9 Å². The zero-order valence-electron chi connectivity index (χ0n) is 23.4. The quantitative estimate of drug-likeness (QED) is 0.315. The summed E-state index contributed by atoms with van der Waals surface area (Å²) in [5, 5.41) is 9.09. The number of aliphatic hydroxyl groups is 1. The van der Waals surface area contributed by atoms with Crippen molar-refractivity contribution in [3.8, 4) is 0 Å². The second-order valence-electron chi connectivity index (χ2n) is 10.6. The molecular weight excluding hydrogens is 538 g/mol. The van der Waals surface area contributed by atoms with E-state index >= 15 is 0 Å². The highest BCUT2D eigenvalue weighted by atomic mass is 32.2. The molecule has 3 heterocycles. The number of nitrogens with zero attached hydrogens (tertiary/aromatic N) is 5. The Hall–Kier alpha value is -3.55. The van der Waals surface area contributed by atoms with Crippen molar-refractivity contribution >= 4 is 44.0 Å². The molecule has 216 valence electrons. The summed E-state index contributed by atoms with van der Waals surface area (Å²) >= 11 is 0. The lowest BCUT2D eigenvalue weighted by molar-refractivity contribution is 0.0580. The van der Waals surface area contributed by atoms with Crippen LogP contribution in [0.2, 0.25) is 0 Å². The number of ether oxygens (including phenoxy) is 2. The molecule has 0 saturated heterocycles. The Morgan fingerprint density at radius 1 is 1.15 bits per heavy atom. The van der Waals surface area contributed by atoms with E-state index in [0.717, 1.165) is 11.8 Å². The number of aryl methyl sites for hydroxylation is 2. The normalized spacial score (nSPS) is 13.9. The van der Waals surface area contributed by atoms with Gasteiger partial charge in [-0.15, -0.1) is 0 Å². The predicted molar refractivity (Wildman–Crippen MR) is 151 cm³/mol. The van der Waals surface area contributed by atoms with Gasteiger partial charge in [0.15, 0.2) is 0 Å². The van der Waals surface area contributed by atoms with E-state index in [4.69, 9.17) is 14.6 Å². The average Bonchev–Trinajstić information content (AvgIpc) is 2.87. The van der Waals surface area contributed by atoms with Crippen LogP contribution >= 0.6 is 0 Å². The first-order valence-corrected chi connectivity index (χ1v) is 14.9. The highest BCUT2D eigenvalue weighted by Crippen LogP contribution is 2.40. The fourth-order valence-electron chi connectivity index (χ4n) is 4.59. The van der Waals surface area contributed by atoms with E-state index in [1.54, 1.807) is 11.0 Å². The number of fused-ring (bicyclic) bond motifs is 2. The highest BCUT2D eigenvalue weighted by Gasteiger charge is 2.33. The molecular formula is C27H35N5O7S. The number of hydrogen-bond acceptors (Lipinski definition) is 10. The molecule has 1 N–H and O–H groups in total. The SMILES string of the molecule is Cc1cccc2c1N(C(=O)OC(C)(C)C)CCN2c1cc2cnc(S(C)(=O)=O)nc2n(CCCOCCO)c1=O. The first-order valence-electron chi connectivity index (χ1n) is 13.0. The van der Waals surface area contributed by atoms with E-state index in [2.05, 4.69) is 9.97 Å². The van der Waals surface area contributed by atoms with E-state index in [0.29, 0.717) is 42.0 Å². The van der Waals surface area contributed by atoms with Crippen LogP contribution in [-0.4, -0.2) is 78.9 Å². The number of aromatic nitrogens is 3. The molecule has 0 fully saturated rings. The van der Waals surface area contributed by atoms with Crippen molar-refractivity contribution in [2.24, 2.45) is 0 Å². The minimum atomic E-state index is -3.71. The third-order valence-electron chi connectivity index (χ3n) is 6.25. The molecule has 2 aromatic heterocycles. The smallest absolute Gasteiger partial charge is 0.414 e. The Bertz CT molecular complexity index is 1580. The van der Waals surface area contributed by atoms with Crippen molar-refractivity contribution in [2.75, 3.05) is 49.0 Å². The van der Waals surface area contributed by atoms with Gasteiger partial charge in [-0.2, -0.15) is 4.98 Å². The van der Waals surface area contributed by atoms with Gasteiger partial charge in [-0.1, -0.05) is 12.1 Å². The Labute approximate surface area is 233 Å². The van der Waals surface area contributed by atoms with Crippen molar-refractivity contribution in [3.05, 3.63) is 46.4 Å². The molecule has 0 bridgehead atoms. The number of aliphatic hydroxyl groups excluding tert-OH is 1. The molecule has 3 aromatic rings. The Balaban J connectivity index is 1.83. The minimum absolute atomic E-state index is 0.114. The first kappa shape index (κ1) is 29.4. The molecule has 1 aromatic carbocycles. The number of benzene rings is 1. The van der Waals surface area contributed by atoms with Gasteiger partial charge in [0.25, 0.3) is 5.56 Å². The third-order valence-corrected chi connectivity index (χ3v) is 7.11. The number of amides is 1. The summed E-state index contributed by atoms with van der Waals surface area (Å²) in [6, 6.07) is 7.25. The van der Waals surface area contributed by atoms with Crippen molar-refractivity contribution < 1.29 is 27.8 Å². The van der Waals surface area contributed by atoms with Gasteiger partial charge in [0.2, 0.25) is 15.0 Å². The average molecular weight is 574 g/mol. The maximum Gasteiger partial charge on any atom is 0.414 e. The van der Waals surface area contributed by atoms with Crippen molar-refractivity contribution in [1.29, 1.82) is 0 Å². The first-order chi connectivity index (χ1) is 18.8. The van der Waals surface area contributed by atoms with Gasteiger partial charge < -0.3 is 19.5 Å². The zero-order chi connectivity index (χ0) is 29.2. The monoisotopic (exact) mass is 573 g/mol. The molecule has 1 aliphatic rings. The van der Waals surface area contributed by atoms with Gasteiger partial charge in [-0.05, 0) is 51.8 Å². The van der Waals surface area contributed by atoms with Crippen LogP contribution in [0.1, 0.15) is 32.8 Å². The lowest BCUT2D eigenvalue weighted by Gasteiger charge is -2.39. The lowest BCUT2D eigenvalue weighted by atomic mass is 10.1. The summed E-state index contributed by atoms with van der Waals surface area (Å²) in [4.78, 5) is 38.8. The Morgan fingerprint density at radius 2 is 1.90 bits per heavy atom. The zero-order valence-corrected chi connectivity index (χ0v) is 24.2. The number of para-hydroxylation sites is 1. The van der Waals surface area contributed by atoms with Crippen LogP contribution < -0.4 is 15.4 Å². The Morgan fingerprint density at radius 3 is 2.58 bits per heavy atom. The van der Waals surface area contributed by atoms with Crippen LogP contribution in [-0.2, 0) is 25.9 Å². The fraction of sp³-hybridized carbons (Fsp3) is 0.481. The van der Waals surface area contributed by atoms with Crippen LogP contribution in [0, 0.1) is 6.92 Å². The molecule has 40 heavy (non-hydrogen) atoms. The minimum Gasteiger partial charge on any atom is -0.443 e. The molecule has 1 amide bonds. The summed E-state index contributed by atoms with van der Waals surface area (Å²) in [7, 11) is -3.71. The van der Waals surface area contributed by atoms with Crippen LogP contribution in [0.5, 0.6) is 0 Å². The Kier molecular flexibility index (Phi) is 8.47. The molecule has 0 radical (unpaired) electrons. The van der Waals surface area contributed by atoms with Crippen molar-refractivity contribution in [2.45, 2.75) is 51.4 Å². The maximum absolute atomic E-state index is 14.0. The van der Waals surface area contributed by atoms with Gasteiger partial charge in [0.05, 0.1) is 24.6 Å². The maximum atomic E-state index is 14.0. The second kappa shape index (κ2) is 11.5. The fourth-order valence-corrected chi connectivity index (χ4v) is 5.09. The second-order valence-corrected chi connectivity index (χ2v) is 12.5. The molecule has 0 saturated carbocycles. The topological polar surface area (TPSA) is 144 Å². The number of rotatable bonds is 8. The molecule has 0 unspecified atom stereocenters. The number of carbonyl (C=O) groups excluding carboxylic acids is 1. The summed E-state index contributed by atoms with van der Waals surface area (Å²) in [5.74, 6) is 0. The van der Waals surface area contributed by atoms with Crippen LogP contribution in [0.3, 0.4) is 0 Å². The molecule has 0 aliphatic carbocycles. The van der Waals surface area contributed by atoms with Gasteiger partial charge in [0, 0.05) is 44.1 Å². The van der Waals surface area contributed by atoms with Gasteiger partial charge in [-0.3, -0.25) is 14.3 Å². The number of anilines is 3. The standard InChI is InChI=1S/C27H35N5O7S/c1-18-8-6-9-20-22(18)31(26(35)39-27(2,3)4)12-11-30(20)21-16-19-17-28-25(40(5,36)37)29-23(19)32(24(21)34)10-7-14-38-15-13-33/h6,8-9,16-17,33H,7,10-15H2,1-5H3. The summed E-state index contributed by atoms with van der Waals surface area (Å²) in [6.45, 7) is 8.47. The summed E-state index contributed by atoms with van der Waals surface area (Å²) < 4.78 is 36.7. The van der Waals surface area contributed by atoms with Gasteiger partial charge >= 0.3 is 6.09 Å². The van der Waals surface area contributed by atoms with Crippen LogP contribution in [0.25, 0.3) is 11.0 Å². The van der Waals surface area contributed by atoms with Gasteiger partial charge in [-0.25, -0.2) is 18.2 Å². The summed E-state index contributed by atoms with van der Waals surface area (Å²) in [6.07, 6.45) is 2.37. The van der Waals surface area contributed by atoms with E-state index in [1.165, 1.54) is 10.8 Å². The lowest BCUT2D eigenvalue weighted by Crippen LogP contribution is -2.46. The van der Waals surface area contributed by atoms with E-state index in [-0.39, 0.29) is 42.7 Å². The van der Waals surface area contributed by atoms with E-state index < -0.39 is 21.5 Å². The molecule has 12 nitrogen and oxygen atoms in total. The third kappa shape index (κ3) is 6.26. The highest BCUT2D eigenvalue weighted by molar-refractivity contribution is 7.90. The van der Waals surface area contributed by atoms with Crippen LogP contribution in [0.15, 0.2) is 40.4 Å². The van der Waals surface area contributed by atoms with E-state index in [1.807, 2.05) is 50.8 Å². The molecule has 13 heteroatoms. The van der Waals surface area contributed by atoms with Crippen molar-refractivity contribution in [3.63, 3.8) is 0 Å². The molecule has 0 spiro atoms. The molecule has 1 aliphatic heterocycles. The largest absolute Gasteiger partial charge is 0.443 e. The number of carbonyl (C=O) groups is 1. The molecule has 0 atom stereocenters. The molecule has 4 rings (SSSR count). The number of sulfone groups is 1. The van der Waals surface area contributed by atoms with Crippen molar-refractivity contribution in [1.82, 2.24) is 14.5 Å².